The second-order valence-corrected chi connectivity index (χ2v) is 6.59. The minimum Gasteiger partial charge on any atom is -0.488 e. The number of amides is 1. The Morgan fingerprint density at radius 2 is 2.28 bits per heavy atom. The van der Waals surface area contributed by atoms with Crippen LogP contribution in [0.5, 0.6) is 5.75 Å². The molecule has 1 amide bonds. The van der Waals surface area contributed by atoms with Gasteiger partial charge in [0.1, 0.15) is 18.9 Å². The normalized spacial score (nSPS) is 12.5. The molecule has 1 aromatic carbocycles. The Morgan fingerprint density at radius 1 is 1.44 bits per heavy atom. The van der Waals surface area contributed by atoms with Crippen molar-refractivity contribution in [3.8, 4) is 17.0 Å². The monoisotopic (exact) mass is 343 g/mol. The van der Waals surface area contributed by atoms with Crippen LogP contribution >= 0.6 is 0 Å². The molecule has 0 radical (unpaired) electrons. The molecule has 3 rings (SSSR count). The van der Waals surface area contributed by atoms with Crippen LogP contribution in [0, 0.1) is 6.92 Å². The first-order valence-corrected chi connectivity index (χ1v) is 8.71. The average Bonchev–Trinajstić information content (AvgIpc) is 2.97. The summed E-state index contributed by atoms with van der Waals surface area (Å²) in [6.45, 7) is 7.99. The van der Waals surface area contributed by atoms with E-state index in [2.05, 4.69) is 16.5 Å². The van der Waals surface area contributed by atoms with Crippen molar-refractivity contribution in [2.24, 2.45) is 0 Å². The summed E-state index contributed by atoms with van der Waals surface area (Å²) >= 11 is 0. The van der Waals surface area contributed by atoms with E-state index in [1.54, 1.807) is 10.9 Å². The molecular weight excluding hydrogens is 318 g/mol. The van der Waals surface area contributed by atoms with Crippen LogP contribution < -0.4 is 10.1 Å². The number of hydrogen-bond donors (Lipinski definition) is 1. The number of carbonyl (C=O) groups excluding carboxylic acids is 1. The number of rotatable bonds is 7. The Bertz CT molecular complexity index is 752. The topological polar surface area (TPSA) is 65.4 Å². The molecule has 0 spiro atoms. The Morgan fingerprint density at radius 3 is 3.08 bits per heavy atom. The summed E-state index contributed by atoms with van der Waals surface area (Å²) in [5.41, 5.74) is 4.13. The molecule has 1 aliphatic rings. The average molecular weight is 343 g/mol. The summed E-state index contributed by atoms with van der Waals surface area (Å²) in [4.78, 5) is 12.2. The van der Waals surface area contributed by atoms with E-state index < -0.39 is 0 Å². The molecule has 0 fully saturated rings. The molecule has 0 unspecified atom stereocenters. The zero-order chi connectivity index (χ0) is 17.8. The van der Waals surface area contributed by atoms with Crippen molar-refractivity contribution >= 4 is 5.91 Å². The van der Waals surface area contributed by atoms with E-state index >= 15 is 0 Å². The molecule has 6 heteroatoms. The van der Waals surface area contributed by atoms with Crippen LogP contribution in [-0.4, -0.2) is 34.9 Å². The van der Waals surface area contributed by atoms with Crippen LogP contribution in [0.15, 0.2) is 24.4 Å². The Balaban J connectivity index is 1.63. The summed E-state index contributed by atoms with van der Waals surface area (Å²) < 4.78 is 13.0. The van der Waals surface area contributed by atoms with Gasteiger partial charge in [-0.2, -0.15) is 5.10 Å². The summed E-state index contributed by atoms with van der Waals surface area (Å²) in [7, 11) is 0. The number of aromatic nitrogens is 2. The van der Waals surface area contributed by atoms with Crippen LogP contribution in [0.4, 0.5) is 0 Å². The molecule has 0 saturated heterocycles. The van der Waals surface area contributed by atoms with Gasteiger partial charge in [-0.25, -0.2) is 0 Å². The molecule has 0 bridgehead atoms. The molecule has 1 N–H and O–H groups in total. The van der Waals surface area contributed by atoms with Crippen molar-refractivity contribution in [3.63, 3.8) is 0 Å². The van der Waals surface area contributed by atoms with Crippen molar-refractivity contribution in [2.45, 2.75) is 46.4 Å². The standard InChI is InChI=1S/C19H25N3O3/c1-13(2)24-8-4-7-20-18(23)11-22-19-15(10-21-22)12-25-17-6-5-14(3)9-16(17)19/h5-6,9-10,13H,4,7-8,11-12H2,1-3H3,(H,20,23). The van der Waals surface area contributed by atoms with E-state index in [1.807, 2.05) is 32.9 Å². The lowest BCUT2D eigenvalue weighted by atomic mass is 10.0. The van der Waals surface area contributed by atoms with E-state index in [1.165, 1.54) is 0 Å². The molecule has 1 aromatic heterocycles. The highest BCUT2D eigenvalue weighted by molar-refractivity contribution is 5.78. The molecule has 134 valence electrons. The van der Waals surface area contributed by atoms with Gasteiger partial charge in [0.25, 0.3) is 0 Å². The van der Waals surface area contributed by atoms with E-state index in [-0.39, 0.29) is 18.6 Å². The lowest BCUT2D eigenvalue weighted by molar-refractivity contribution is -0.121. The first-order valence-electron chi connectivity index (χ1n) is 8.71. The molecule has 6 nitrogen and oxygen atoms in total. The SMILES string of the molecule is Cc1ccc2c(c1)-c1c(cnn1CC(=O)NCCCOC(C)C)CO2. The summed E-state index contributed by atoms with van der Waals surface area (Å²) in [6.07, 6.45) is 2.80. The maximum absolute atomic E-state index is 12.2. The highest BCUT2D eigenvalue weighted by Gasteiger charge is 2.23. The first kappa shape index (κ1) is 17.5. The number of nitrogens with zero attached hydrogens (tertiary/aromatic N) is 2. The van der Waals surface area contributed by atoms with Crippen LogP contribution in [0.1, 0.15) is 31.4 Å². The predicted molar refractivity (Wildman–Crippen MR) is 95.4 cm³/mol. The fraction of sp³-hybridized carbons (Fsp3) is 0.474. The number of ether oxygens (including phenoxy) is 2. The van der Waals surface area contributed by atoms with Gasteiger partial charge in [0.05, 0.1) is 18.0 Å². The molecule has 0 aliphatic carbocycles. The van der Waals surface area contributed by atoms with Crippen LogP contribution in [0.25, 0.3) is 11.3 Å². The third kappa shape index (κ3) is 4.20. The van der Waals surface area contributed by atoms with Crippen LogP contribution in [-0.2, 0) is 22.7 Å². The van der Waals surface area contributed by atoms with E-state index in [4.69, 9.17) is 9.47 Å². The summed E-state index contributed by atoms with van der Waals surface area (Å²) in [6, 6.07) is 6.07. The Labute approximate surface area is 148 Å². The van der Waals surface area contributed by atoms with E-state index in [0.717, 1.165) is 34.6 Å². The van der Waals surface area contributed by atoms with Gasteiger partial charge in [-0.05, 0) is 39.3 Å². The van der Waals surface area contributed by atoms with Crippen molar-refractivity contribution in [3.05, 3.63) is 35.5 Å². The predicted octanol–water partition coefficient (Wildman–Crippen LogP) is 2.68. The number of benzene rings is 1. The maximum atomic E-state index is 12.2. The van der Waals surface area contributed by atoms with Crippen LogP contribution in [0.3, 0.4) is 0 Å². The van der Waals surface area contributed by atoms with Crippen molar-refractivity contribution in [1.29, 1.82) is 0 Å². The van der Waals surface area contributed by atoms with Crippen molar-refractivity contribution in [2.75, 3.05) is 13.2 Å². The smallest absolute Gasteiger partial charge is 0.241 e. The van der Waals surface area contributed by atoms with Gasteiger partial charge in [0, 0.05) is 24.3 Å². The Hall–Kier alpha value is -2.34. The van der Waals surface area contributed by atoms with Crippen molar-refractivity contribution < 1.29 is 14.3 Å². The highest BCUT2D eigenvalue weighted by atomic mass is 16.5. The molecule has 2 heterocycles. The number of fused-ring (bicyclic) bond motifs is 3. The minimum absolute atomic E-state index is 0.0452. The lowest BCUT2D eigenvalue weighted by Crippen LogP contribution is -2.30. The second-order valence-electron chi connectivity index (χ2n) is 6.59. The van der Waals surface area contributed by atoms with Crippen molar-refractivity contribution in [1.82, 2.24) is 15.1 Å². The first-order chi connectivity index (χ1) is 12.0. The highest BCUT2D eigenvalue weighted by Crippen LogP contribution is 2.37. The van der Waals surface area contributed by atoms with Gasteiger partial charge in [-0.15, -0.1) is 0 Å². The maximum Gasteiger partial charge on any atom is 0.241 e. The fourth-order valence-corrected chi connectivity index (χ4v) is 2.88. The summed E-state index contributed by atoms with van der Waals surface area (Å²) in [5.74, 6) is 0.794. The third-order valence-corrected chi connectivity index (χ3v) is 4.08. The number of hydrogen-bond acceptors (Lipinski definition) is 4. The largest absolute Gasteiger partial charge is 0.488 e. The number of aryl methyl sites for hydroxylation is 1. The minimum atomic E-state index is -0.0452. The quantitative estimate of drug-likeness (QED) is 0.785. The summed E-state index contributed by atoms with van der Waals surface area (Å²) in [5, 5.41) is 7.31. The lowest BCUT2D eigenvalue weighted by Gasteiger charge is -2.19. The van der Waals surface area contributed by atoms with Gasteiger partial charge in [-0.3, -0.25) is 9.48 Å². The molecule has 0 atom stereocenters. The number of nitrogens with one attached hydrogen (secondary N) is 1. The molecule has 0 saturated carbocycles. The molecule has 2 aromatic rings. The van der Waals surface area contributed by atoms with Gasteiger partial charge in [0.2, 0.25) is 5.91 Å². The number of carbonyl (C=O) groups is 1. The zero-order valence-electron chi connectivity index (χ0n) is 15.0. The fourth-order valence-electron chi connectivity index (χ4n) is 2.88. The Kier molecular flexibility index (Phi) is 5.38. The molecule has 1 aliphatic heterocycles. The second kappa shape index (κ2) is 7.70. The zero-order valence-corrected chi connectivity index (χ0v) is 15.0. The van der Waals surface area contributed by atoms with Crippen LogP contribution in [0.2, 0.25) is 0 Å². The van der Waals surface area contributed by atoms with E-state index in [9.17, 15) is 4.79 Å². The van der Waals surface area contributed by atoms with Gasteiger partial charge >= 0.3 is 0 Å². The van der Waals surface area contributed by atoms with Gasteiger partial charge in [-0.1, -0.05) is 11.6 Å². The molecular formula is C19H25N3O3. The third-order valence-electron chi connectivity index (χ3n) is 4.08. The van der Waals surface area contributed by atoms with E-state index in [0.29, 0.717) is 19.8 Å². The van der Waals surface area contributed by atoms with Gasteiger partial charge in [0.15, 0.2) is 0 Å². The molecule has 25 heavy (non-hydrogen) atoms. The van der Waals surface area contributed by atoms with Gasteiger partial charge < -0.3 is 14.8 Å².